The molecule has 2 N–H and O–H groups in total. The van der Waals surface area contributed by atoms with Gasteiger partial charge in [-0.2, -0.15) is 4.68 Å². The molecule has 2 rings (SSSR count). The number of nitrogens with zero attached hydrogens (tertiary/aromatic N) is 5. The van der Waals surface area contributed by atoms with Crippen molar-refractivity contribution in [3.8, 4) is 5.69 Å². The lowest BCUT2D eigenvalue weighted by Gasteiger charge is -2.03. The summed E-state index contributed by atoms with van der Waals surface area (Å²) in [5.41, 5.74) is 5.67. The summed E-state index contributed by atoms with van der Waals surface area (Å²) in [5.74, 6) is 0.404. The van der Waals surface area contributed by atoms with E-state index in [0.717, 1.165) is 0 Å². The van der Waals surface area contributed by atoms with Crippen LogP contribution in [-0.2, 0) is 6.54 Å². The summed E-state index contributed by atoms with van der Waals surface area (Å²) in [4.78, 5) is 10.2. The molecular weight excluding hydrogens is 248 g/mol. The predicted molar refractivity (Wildman–Crippen MR) is 58.7 cm³/mol. The predicted octanol–water partition coefficient (Wildman–Crippen LogP) is 0.683. The molecule has 0 radical (unpaired) electrons. The first kappa shape index (κ1) is 11.4. The maximum atomic E-state index is 10.7. The van der Waals surface area contributed by atoms with Gasteiger partial charge in [0.15, 0.2) is 5.82 Å². The van der Waals surface area contributed by atoms with Crippen LogP contribution in [0.5, 0.6) is 0 Å². The summed E-state index contributed by atoms with van der Waals surface area (Å²) in [7, 11) is 0. The summed E-state index contributed by atoms with van der Waals surface area (Å²) in [6, 6.07) is 4.28. The number of rotatable bonds is 3. The highest BCUT2D eigenvalue weighted by atomic mass is 35.5. The smallest absolute Gasteiger partial charge is 0.290 e. The van der Waals surface area contributed by atoms with Gasteiger partial charge in [-0.1, -0.05) is 11.6 Å². The molecule has 0 saturated heterocycles. The number of aromatic nitrogens is 4. The number of nitrogens with two attached hydrogens (primary N) is 1. The van der Waals surface area contributed by atoms with Gasteiger partial charge in [0.1, 0.15) is 5.02 Å². The van der Waals surface area contributed by atoms with Gasteiger partial charge in [-0.25, -0.2) is 0 Å². The lowest BCUT2D eigenvalue weighted by molar-refractivity contribution is -0.384. The Morgan fingerprint density at radius 3 is 2.94 bits per heavy atom. The first-order valence-corrected chi connectivity index (χ1v) is 4.93. The number of halogens is 1. The van der Waals surface area contributed by atoms with Crippen LogP contribution in [0.2, 0.25) is 5.02 Å². The standard InChI is InChI=1S/C8H7ClN6O2/c9-6-2-1-5(3-7(6)15(16)17)14-8(4-10)11-12-13-14/h1-3H,4,10H2. The first-order valence-electron chi connectivity index (χ1n) is 4.55. The van der Waals surface area contributed by atoms with E-state index < -0.39 is 4.92 Å². The topological polar surface area (TPSA) is 113 Å². The van der Waals surface area contributed by atoms with E-state index in [-0.39, 0.29) is 17.3 Å². The van der Waals surface area contributed by atoms with Crippen molar-refractivity contribution in [2.45, 2.75) is 6.54 Å². The van der Waals surface area contributed by atoms with Crippen molar-refractivity contribution in [3.63, 3.8) is 0 Å². The zero-order valence-electron chi connectivity index (χ0n) is 8.45. The second-order valence-corrected chi connectivity index (χ2v) is 3.51. The number of tetrazole rings is 1. The molecule has 9 heteroatoms. The molecule has 0 unspecified atom stereocenters. The Kier molecular flexibility index (Phi) is 2.98. The van der Waals surface area contributed by atoms with E-state index >= 15 is 0 Å². The van der Waals surface area contributed by atoms with Crippen LogP contribution < -0.4 is 5.73 Å². The second-order valence-electron chi connectivity index (χ2n) is 3.10. The van der Waals surface area contributed by atoms with Gasteiger partial charge in [0.2, 0.25) is 0 Å². The van der Waals surface area contributed by atoms with Gasteiger partial charge in [0.25, 0.3) is 5.69 Å². The minimum absolute atomic E-state index is 0.0566. The van der Waals surface area contributed by atoms with Gasteiger partial charge in [-0.3, -0.25) is 10.1 Å². The van der Waals surface area contributed by atoms with Gasteiger partial charge in [-0.05, 0) is 22.6 Å². The molecule has 0 bridgehead atoms. The zero-order chi connectivity index (χ0) is 12.4. The molecule has 0 saturated carbocycles. The van der Waals surface area contributed by atoms with E-state index in [1.54, 1.807) is 6.07 Å². The SMILES string of the molecule is NCc1nnnn1-c1ccc(Cl)c([N+](=O)[O-])c1. The van der Waals surface area contributed by atoms with Crippen molar-refractivity contribution >= 4 is 17.3 Å². The minimum Gasteiger partial charge on any atom is -0.324 e. The van der Waals surface area contributed by atoms with Crippen LogP contribution in [0.15, 0.2) is 18.2 Å². The second kappa shape index (κ2) is 4.44. The first-order chi connectivity index (χ1) is 8.13. The molecule has 0 amide bonds. The van der Waals surface area contributed by atoms with E-state index in [9.17, 15) is 10.1 Å². The Bertz CT molecular complexity index is 569. The lowest BCUT2D eigenvalue weighted by atomic mass is 10.3. The van der Waals surface area contributed by atoms with Crippen molar-refractivity contribution in [1.29, 1.82) is 0 Å². The molecule has 0 atom stereocenters. The van der Waals surface area contributed by atoms with Crippen molar-refractivity contribution < 1.29 is 4.92 Å². The molecule has 17 heavy (non-hydrogen) atoms. The van der Waals surface area contributed by atoms with E-state index in [2.05, 4.69) is 15.5 Å². The van der Waals surface area contributed by atoms with Crippen molar-refractivity contribution in [2.75, 3.05) is 0 Å². The number of nitro benzene ring substituents is 1. The average molecular weight is 255 g/mol. The van der Waals surface area contributed by atoms with Crippen molar-refractivity contribution in [3.05, 3.63) is 39.2 Å². The van der Waals surface area contributed by atoms with Gasteiger partial charge >= 0.3 is 0 Å². The molecule has 0 aliphatic carbocycles. The molecule has 1 aromatic heterocycles. The Hall–Kier alpha value is -2.06. The highest BCUT2D eigenvalue weighted by molar-refractivity contribution is 6.32. The Labute approximate surface area is 100 Å². The summed E-state index contributed by atoms with van der Waals surface area (Å²) in [6.45, 7) is 0.128. The summed E-state index contributed by atoms with van der Waals surface area (Å²) >= 11 is 5.70. The Morgan fingerprint density at radius 2 is 2.29 bits per heavy atom. The van der Waals surface area contributed by atoms with Gasteiger partial charge in [0.05, 0.1) is 17.2 Å². The normalized spacial score (nSPS) is 10.5. The average Bonchev–Trinajstić information content (AvgIpc) is 2.77. The third kappa shape index (κ3) is 2.08. The van der Waals surface area contributed by atoms with Crippen LogP contribution in [0.1, 0.15) is 5.82 Å². The fourth-order valence-corrected chi connectivity index (χ4v) is 1.49. The van der Waals surface area contributed by atoms with Crippen LogP contribution in [0.3, 0.4) is 0 Å². The van der Waals surface area contributed by atoms with Crippen LogP contribution in [0, 0.1) is 10.1 Å². The number of benzene rings is 1. The van der Waals surface area contributed by atoms with E-state index in [1.807, 2.05) is 0 Å². The number of nitro groups is 1. The Morgan fingerprint density at radius 1 is 1.53 bits per heavy atom. The van der Waals surface area contributed by atoms with E-state index in [0.29, 0.717) is 11.5 Å². The van der Waals surface area contributed by atoms with Gasteiger partial charge < -0.3 is 5.73 Å². The monoisotopic (exact) mass is 254 g/mol. The lowest BCUT2D eigenvalue weighted by Crippen LogP contribution is -2.08. The van der Waals surface area contributed by atoms with E-state index in [1.165, 1.54) is 16.8 Å². The summed E-state index contributed by atoms with van der Waals surface area (Å²) in [5, 5.41) is 21.6. The maximum absolute atomic E-state index is 10.7. The molecular formula is C8H7ClN6O2. The van der Waals surface area contributed by atoms with Crippen LogP contribution in [0.4, 0.5) is 5.69 Å². The molecule has 1 heterocycles. The minimum atomic E-state index is -0.571. The number of hydrogen-bond donors (Lipinski definition) is 1. The molecule has 8 nitrogen and oxygen atoms in total. The fraction of sp³-hybridized carbons (Fsp3) is 0.125. The maximum Gasteiger partial charge on any atom is 0.290 e. The molecule has 1 aromatic carbocycles. The highest BCUT2D eigenvalue weighted by Gasteiger charge is 2.15. The molecule has 0 aliphatic rings. The van der Waals surface area contributed by atoms with Crippen LogP contribution in [0.25, 0.3) is 5.69 Å². The summed E-state index contributed by atoms with van der Waals surface area (Å²) < 4.78 is 1.32. The third-order valence-corrected chi connectivity index (χ3v) is 2.41. The molecule has 0 aliphatic heterocycles. The zero-order valence-corrected chi connectivity index (χ0v) is 9.20. The summed E-state index contributed by atoms with van der Waals surface area (Å²) in [6.07, 6.45) is 0. The Balaban J connectivity index is 2.54. The van der Waals surface area contributed by atoms with Crippen LogP contribution in [-0.4, -0.2) is 25.1 Å². The molecule has 0 spiro atoms. The van der Waals surface area contributed by atoms with Gasteiger partial charge in [-0.15, -0.1) is 5.10 Å². The van der Waals surface area contributed by atoms with E-state index in [4.69, 9.17) is 17.3 Å². The quantitative estimate of drug-likeness (QED) is 0.637. The third-order valence-electron chi connectivity index (χ3n) is 2.09. The number of hydrogen-bond acceptors (Lipinski definition) is 6. The fourth-order valence-electron chi connectivity index (χ4n) is 1.31. The van der Waals surface area contributed by atoms with Gasteiger partial charge in [0, 0.05) is 6.07 Å². The molecule has 0 fully saturated rings. The molecule has 2 aromatic rings. The highest BCUT2D eigenvalue weighted by Crippen LogP contribution is 2.26. The van der Waals surface area contributed by atoms with Crippen LogP contribution >= 0.6 is 11.6 Å². The largest absolute Gasteiger partial charge is 0.324 e. The van der Waals surface area contributed by atoms with Crippen molar-refractivity contribution in [2.24, 2.45) is 5.73 Å². The molecule has 88 valence electrons. The van der Waals surface area contributed by atoms with Crippen molar-refractivity contribution in [1.82, 2.24) is 20.2 Å².